The highest BCUT2D eigenvalue weighted by molar-refractivity contribution is 6.30. The van der Waals surface area contributed by atoms with Crippen LogP contribution in [0.4, 0.5) is 0 Å². The molecular weight excluding hydrogens is 340 g/mol. The molecule has 0 saturated carbocycles. The molecule has 0 fully saturated rings. The van der Waals surface area contributed by atoms with Crippen molar-refractivity contribution >= 4 is 17.5 Å². The molecular formula is C19H19ClN2O3. The van der Waals surface area contributed by atoms with Gasteiger partial charge < -0.3 is 14.8 Å². The second-order valence-electron chi connectivity index (χ2n) is 5.34. The number of hydrogen-bond donors (Lipinski definition) is 1. The molecule has 0 aliphatic heterocycles. The minimum absolute atomic E-state index is 0.128. The summed E-state index contributed by atoms with van der Waals surface area (Å²) in [6, 6.07) is 14.9. The zero-order chi connectivity index (χ0) is 18.1. The molecule has 5 nitrogen and oxygen atoms in total. The summed E-state index contributed by atoms with van der Waals surface area (Å²) in [7, 11) is 1.59. The van der Waals surface area contributed by atoms with Crippen molar-refractivity contribution in [2.75, 3.05) is 13.7 Å². The third kappa shape index (κ3) is 6.02. The molecule has 2 rings (SSSR count). The fraction of sp³-hybridized carbons (Fsp3) is 0.263. The molecule has 0 bridgehead atoms. The average Bonchev–Trinajstić information content (AvgIpc) is 2.60. The van der Waals surface area contributed by atoms with Gasteiger partial charge in [0, 0.05) is 11.6 Å². The number of ether oxygens (including phenoxy) is 2. The topological polar surface area (TPSA) is 71.3 Å². The van der Waals surface area contributed by atoms with E-state index in [1.54, 1.807) is 7.11 Å². The highest BCUT2D eigenvalue weighted by Crippen LogP contribution is 2.29. The molecule has 0 atom stereocenters. The second-order valence-corrected chi connectivity index (χ2v) is 5.78. The Kier molecular flexibility index (Phi) is 7.12. The van der Waals surface area contributed by atoms with E-state index in [1.807, 2.05) is 48.5 Å². The van der Waals surface area contributed by atoms with Crippen LogP contribution in [0, 0.1) is 11.3 Å². The molecule has 0 aliphatic carbocycles. The van der Waals surface area contributed by atoms with Crippen LogP contribution < -0.4 is 14.8 Å². The summed E-state index contributed by atoms with van der Waals surface area (Å²) in [5, 5.41) is 11.8. The van der Waals surface area contributed by atoms with E-state index in [2.05, 4.69) is 5.32 Å². The van der Waals surface area contributed by atoms with Gasteiger partial charge in [-0.05, 0) is 41.8 Å². The van der Waals surface area contributed by atoms with Crippen LogP contribution in [0.3, 0.4) is 0 Å². The van der Waals surface area contributed by atoms with Crippen molar-refractivity contribution < 1.29 is 14.3 Å². The molecule has 2 aromatic rings. The first-order valence-electron chi connectivity index (χ1n) is 7.80. The van der Waals surface area contributed by atoms with E-state index >= 15 is 0 Å². The lowest BCUT2D eigenvalue weighted by atomic mass is 10.1. The molecule has 2 aromatic carbocycles. The van der Waals surface area contributed by atoms with E-state index in [-0.39, 0.29) is 12.3 Å². The molecule has 0 aliphatic rings. The van der Waals surface area contributed by atoms with Gasteiger partial charge in [0.25, 0.3) is 0 Å². The number of methoxy groups -OCH3 is 1. The summed E-state index contributed by atoms with van der Waals surface area (Å²) in [5.74, 6) is 0.996. The van der Waals surface area contributed by atoms with Crippen LogP contribution >= 0.6 is 11.6 Å². The van der Waals surface area contributed by atoms with Gasteiger partial charge in [0.2, 0.25) is 5.91 Å². The molecule has 6 heteroatoms. The lowest BCUT2D eigenvalue weighted by Gasteiger charge is -2.13. The SMILES string of the molecule is COc1ccc(CCNC(=O)CC#N)cc1OCc1cccc(Cl)c1. The zero-order valence-electron chi connectivity index (χ0n) is 13.9. The Bertz CT molecular complexity index is 772. The van der Waals surface area contributed by atoms with Crippen molar-refractivity contribution in [2.45, 2.75) is 19.4 Å². The number of nitrogens with one attached hydrogen (secondary N) is 1. The number of nitriles is 1. The van der Waals surface area contributed by atoms with E-state index < -0.39 is 0 Å². The largest absolute Gasteiger partial charge is 0.493 e. The van der Waals surface area contributed by atoms with Gasteiger partial charge in [0.1, 0.15) is 13.0 Å². The number of carbonyl (C=O) groups excluding carboxylic acids is 1. The first-order chi connectivity index (χ1) is 12.1. The summed E-state index contributed by atoms with van der Waals surface area (Å²) >= 11 is 5.98. The number of nitrogens with zero attached hydrogens (tertiary/aromatic N) is 1. The van der Waals surface area contributed by atoms with Gasteiger partial charge in [-0.25, -0.2) is 0 Å². The minimum atomic E-state index is -0.270. The molecule has 0 aromatic heterocycles. The standard InChI is InChI=1S/C19H19ClN2O3/c1-24-17-6-5-14(8-10-22-19(23)7-9-21)12-18(17)25-13-15-3-2-4-16(20)11-15/h2-6,11-12H,7-8,10,13H2,1H3,(H,22,23). The van der Waals surface area contributed by atoms with Gasteiger partial charge in [-0.1, -0.05) is 29.8 Å². The van der Waals surface area contributed by atoms with Crippen LogP contribution in [0.25, 0.3) is 0 Å². The van der Waals surface area contributed by atoms with Gasteiger partial charge in [-0.15, -0.1) is 0 Å². The summed E-state index contributed by atoms with van der Waals surface area (Å²) < 4.78 is 11.2. The van der Waals surface area contributed by atoms with E-state index in [9.17, 15) is 4.79 Å². The second kappa shape index (κ2) is 9.55. The Morgan fingerprint density at radius 3 is 2.76 bits per heavy atom. The molecule has 1 N–H and O–H groups in total. The van der Waals surface area contributed by atoms with Crippen LogP contribution in [-0.4, -0.2) is 19.6 Å². The number of rotatable bonds is 8. The first kappa shape index (κ1) is 18.6. The van der Waals surface area contributed by atoms with Gasteiger partial charge in [0.15, 0.2) is 11.5 Å². The van der Waals surface area contributed by atoms with Gasteiger partial charge >= 0.3 is 0 Å². The Morgan fingerprint density at radius 1 is 1.20 bits per heavy atom. The minimum Gasteiger partial charge on any atom is -0.493 e. The Morgan fingerprint density at radius 2 is 2.04 bits per heavy atom. The summed E-state index contributed by atoms with van der Waals surface area (Å²) in [5.41, 5.74) is 1.96. The zero-order valence-corrected chi connectivity index (χ0v) is 14.7. The van der Waals surface area contributed by atoms with Crippen LogP contribution in [0.15, 0.2) is 42.5 Å². The van der Waals surface area contributed by atoms with E-state index in [4.69, 9.17) is 26.3 Å². The Labute approximate surface area is 152 Å². The normalized spacial score (nSPS) is 9.96. The maximum Gasteiger partial charge on any atom is 0.234 e. The number of amides is 1. The predicted molar refractivity (Wildman–Crippen MR) is 95.7 cm³/mol. The highest BCUT2D eigenvalue weighted by Gasteiger charge is 2.07. The summed E-state index contributed by atoms with van der Waals surface area (Å²) in [6.45, 7) is 0.833. The van der Waals surface area contributed by atoms with Gasteiger partial charge in [-0.2, -0.15) is 5.26 Å². The van der Waals surface area contributed by atoms with E-state index in [0.717, 1.165) is 11.1 Å². The van der Waals surface area contributed by atoms with E-state index in [0.29, 0.717) is 36.1 Å². The third-order valence-electron chi connectivity index (χ3n) is 3.49. The Hall–Kier alpha value is -2.71. The van der Waals surface area contributed by atoms with E-state index in [1.165, 1.54) is 0 Å². The van der Waals surface area contributed by atoms with Gasteiger partial charge in [-0.3, -0.25) is 4.79 Å². The number of halogens is 1. The average molecular weight is 359 g/mol. The maximum absolute atomic E-state index is 11.3. The summed E-state index contributed by atoms with van der Waals surface area (Å²) in [6.07, 6.45) is 0.505. The predicted octanol–water partition coefficient (Wildman–Crippen LogP) is 3.50. The van der Waals surface area contributed by atoms with Crippen LogP contribution in [0.2, 0.25) is 5.02 Å². The molecule has 0 radical (unpaired) electrons. The molecule has 0 saturated heterocycles. The number of benzene rings is 2. The van der Waals surface area contributed by atoms with Crippen molar-refractivity contribution in [3.05, 3.63) is 58.6 Å². The quantitative estimate of drug-likeness (QED) is 0.784. The van der Waals surface area contributed by atoms with Crippen molar-refractivity contribution in [1.29, 1.82) is 5.26 Å². The van der Waals surface area contributed by atoms with Crippen molar-refractivity contribution in [1.82, 2.24) is 5.32 Å². The molecule has 25 heavy (non-hydrogen) atoms. The van der Waals surface area contributed by atoms with Crippen LogP contribution in [-0.2, 0) is 17.8 Å². The third-order valence-corrected chi connectivity index (χ3v) is 3.72. The van der Waals surface area contributed by atoms with Crippen molar-refractivity contribution in [3.63, 3.8) is 0 Å². The van der Waals surface area contributed by atoms with Crippen LogP contribution in [0.5, 0.6) is 11.5 Å². The highest BCUT2D eigenvalue weighted by atomic mass is 35.5. The lowest BCUT2D eigenvalue weighted by molar-refractivity contribution is -0.120. The fourth-order valence-corrected chi connectivity index (χ4v) is 2.47. The number of hydrogen-bond acceptors (Lipinski definition) is 4. The maximum atomic E-state index is 11.3. The first-order valence-corrected chi connectivity index (χ1v) is 8.18. The lowest BCUT2D eigenvalue weighted by Crippen LogP contribution is -2.24. The molecule has 0 heterocycles. The monoisotopic (exact) mass is 358 g/mol. The fourth-order valence-electron chi connectivity index (χ4n) is 2.26. The smallest absolute Gasteiger partial charge is 0.234 e. The van der Waals surface area contributed by atoms with Crippen LogP contribution in [0.1, 0.15) is 17.5 Å². The molecule has 1 amide bonds. The number of carbonyl (C=O) groups is 1. The van der Waals surface area contributed by atoms with Crippen molar-refractivity contribution in [3.8, 4) is 17.6 Å². The van der Waals surface area contributed by atoms with Crippen molar-refractivity contribution in [2.24, 2.45) is 0 Å². The molecule has 130 valence electrons. The summed E-state index contributed by atoms with van der Waals surface area (Å²) in [4.78, 5) is 11.3. The molecule has 0 spiro atoms. The Balaban J connectivity index is 1.99. The van der Waals surface area contributed by atoms with Gasteiger partial charge in [0.05, 0.1) is 13.2 Å². The molecule has 0 unspecified atom stereocenters.